The number of hydrogen-bond acceptors (Lipinski definition) is 4. The van der Waals surface area contributed by atoms with Crippen molar-refractivity contribution in [1.29, 1.82) is 0 Å². The summed E-state index contributed by atoms with van der Waals surface area (Å²) in [6.45, 7) is 5.24. The minimum atomic E-state index is 0. The lowest BCUT2D eigenvalue weighted by Gasteiger charge is -2.37. The van der Waals surface area contributed by atoms with Gasteiger partial charge in [0.1, 0.15) is 0 Å². The van der Waals surface area contributed by atoms with Crippen molar-refractivity contribution in [3.05, 3.63) is 22.4 Å². The zero-order valence-corrected chi connectivity index (χ0v) is 16.9. The van der Waals surface area contributed by atoms with Gasteiger partial charge in [0.05, 0.1) is 0 Å². The van der Waals surface area contributed by atoms with E-state index in [1.807, 2.05) is 7.05 Å². The second-order valence-corrected chi connectivity index (χ2v) is 6.64. The summed E-state index contributed by atoms with van der Waals surface area (Å²) in [7, 11) is 6.22. The average Bonchev–Trinajstić information content (AvgIpc) is 2.99. The number of halogens is 1. The highest BCUT2D eigenvalue weighted by Gasteiger charge is 2.21. The predicted octanol–water partition coefficient (Wildman–Crippen LogP) is 1.32. The molecule has 1 aliphatic rings. The van der Waals surface area contributed by atoms with Gasteiger partial charge in [-0.05, 0) is 32.0 Å². The number of hydrogen-bond donors (Lipinski definition) is 2. The molecule has 1 atom stereocenters. The van der Waals surface area contributed by atoms with Crippen molar-refractivity contribution in [2.45, 2.75) is 12.5 Å². The Morgan fingerprint density at radius 2 is 2.18 bits per heavy atom. The van der Waals surface area contributed by atoms with E-state index < -0.39 is 0 Å². The van der Waals surface area contributed by atoms with Crippen LogP contribution in [0.15, 0.2) is 22.5 Å². The SMILES string of the molecule is CN=C(NCCc1cccs1)NCC1CN(C)CCN1C.I. The van der Waals surface area contributed by atoms with Gasteiger partial charge in [-0.2, -0.15) is 0 Å². The van der Waals surface area contributed by atoms with Crippen LogP contribution in [-0.2, 0) is 6.42 Å². The first-order valence-electron chi connectivity index (χ1n) is 7.54. The molecule has 1 aliphatic heterocycles. The third-order valence-electron chi connectivity index (χ3n) is 3.95. The van der Waals surface area contributed by atoms with Crippen molar-refractivity contribution >= 4 is 41.3 Å². The largest absolute Gasteiger partial charge is 0.356 e. The van der Waals surface area contributed by atoms with Crippen LogP contribution in [0.2, 0.25) is 0 Å². The van der Waals surface area contributed by atoms with Crippen LogP contribution >= 0.6 is 35.3 Å². The Morgan fingerprint density at radius 1 is 1.36 bits per heavy atom. The van der Waals surface area contributed by atoms with Gasteiger partial charge >= 0.3 is 0 Å². The molecule has 1 saturated heterocycles. The Bertz CT molecular complexity index is 437. The molecule has 2 rings (SSSR count). The maximum Gasteiger partial charge on any atom is 0.191 e. The van der Waals surface area contributed by atoms with E-state index in [1.54, 1.807) is 11.3 Å². The van der Waals surface area contributed by atoms with Crippen LogP contribution in [-0.4, -0.2) is 75.7 Å². The number of likely N-dealkylation sites (N-methyl/N-ethyl adjacent to an activating group) is 2. The lowest BCUT2D eigenvalue weighted by atomic mass is 10.2. The number of aliphatic imine (C=N–C) groups is 1. The number of guanidine groups is 1. The van der Waals surface area contributed by atoms with Gasteiger partial charge in [0.25, 0.3) is 0 Å². The van der Waals surface area contributed by atoms with Gasteiger partial charge < -0.3 is 15.5 Å². The molecule has 0 spiro atoms. The van der Waals surface area contributed by atoms with Gasteiger partial charge in [0, 0.05) is 50.7 Å². The molecule has 7 heteroatoms. The highest BCUT2D eigenvalue weighted by molar-refractivity contribution is 14.0. The van der Waals surface area contributed by atoms with Crippen molar-refractivity contribution < 1.29 is 0 Å². The number of nitrogens with zero attached hydrogens (tertiary/aromatic N) is 3. The van der Waals surface area contributed by atoms with Crippen LogP contribution in [0, 0.1) is 0 Å². The number of rotatable bonds is 5. The van der Waals surface area contributed by atoms with E-state index in [0.717, 1.165) is 45.1 Å². The fourth-order valence-corrected chi connectivity index (χ4v) is 3.22. The molecule has 0 aliphatic carbocycles. The molecule has 0 aromatic carbocycles. The Balaban J connectivity index is 0.00000242. The average molecular weight is 437 g/mol. The van der Waals surface area contributed by atoms with E-state index in [9.17, 15) is 0 Å². The van der Waals surface area contributed by atoms with E-state index in [0.29, 0.717) is 6.04 Å². The van der Waals surface area contributed by atoms with Crippen LogP contribution in [0.1, 0.15) is 4.88 Å². The van der Waals surface area contributed by atoms with Crippen molar-refractivity contribution in [2.24, 2.45) is 4.99 Å². The van der Waals surface area contributed by atoms with Gasteiger partial charge in [0.2, 0.25) is 0 Å². The summed E-state index contributed by atoms with van der Waals surface area (Å²) >= 11 is 1.81. The first kappa shape index (κ1) is 19.7. The molecule has 0 radical (unpaired) electrons. The molecule has 5 nitrogen and oxygen atoms in total. The van der Waals surface area contributed by atoms with Crippen LogP contribution in [0.3, 0.4) is 0 Å². The summed E-state index contributed by atoms with van der Waals surface area (Å²) < 4.78 is 0. The second-order valence-electron chi connectivity index (χ2n) is 5.61. The summed E-state index contributed by atoms with van der Waals surface area (Å²) in [5.74, 6) is 0.896. The Hall–Kier alpha value is -0.380. The van der Waals surface area contributed by atoms with E-state index in [1.165, 1.54) is 4.88 Å². The molecule has 126 valence electrons. The Kier molecular flexibility index (Phi) is 9.30. The van der Waals surface area contributed by atoms with Crippen LogP contribution < -0.4 is 10.6 Å². The zero-order chi connectivity index (χ0) is 15.1. The van der Waals surface area contributed by atoms with Crippen molar-refractivity contribution in [2.75, 3.05) is 53.9 Å². The molecule has 1 unspecified atom stereocenters. The van der Waals surface area contributed by atoms with E-state index >= 15 is 0 Å². The summed E-state index contributed by atoms with van der Waals surface area (Å²) in [5, 5.41) is 8.95. The number of nitrogens with one attached hydrogen (secondary N) is 2. The topological polar surface area (TPSA) is 42.9 Å². The molecule has 1 fully saturated rings. The molecule has 22 heavy (non-hydrogen) atoms. The molecular weight excluding hydrogens is 409 g/mol. The van der Waals surface area contributed by atoms with Crippen LogP contribution in [0.4, 0.5) is 0 Å². The fourth-order valence-electron chi connectivity index (χ4n) is 2.52. The summed E-state index contributed by atoms with van der Waals surface area (Å²) in [5.41, 5.74) is 0. The molecule has 0 saturated carbocycles. The van der Waals surface area contributed by atoms with Gasteiger partial charge in [-0.25, -0.2) is 0 Å². The standard InChI is InChI=1S/C15H27N5S.HI/c1-16-15(17-7-6-14-5-4-10-21-14)18-11-13-12-19(2)8-9-20(13)3;/h4-5,10,13H,6-9,11-12H2,1-3H3,(H2,16,17,18);1H. The van der Waals surface area contributed by atoms with E-state index in [-0.39, 0.29) is 24.0 Å². The van der Waals surface area contributed by atoms with Crippen LogP contribution in [0.25, 0.3) is 0 Å². The van der Waals surface area contributed by atoms with E-state index in [2.05, 4.69) is 57.0 Å². The molecule has 2 heterocycles. The number of thiophene rings is 1. The molecule has 0 bridgehead atoms. The zero-order valence-electron chi connectivity index (χ0n) is 13.7. The van der Waals surface area contributed by atoms with Gasteiger partial charge in [-0.15, -0.1) is 35.3 Å². The first-order chi connectivity index (χ1) is 10.2. The van der Waals surface area contributed by atoms with E-state index in [4.69, 9.17) is 0 Å². The summed E-state index contributed by atoms with van der Waals surface area (Å²) in [4.78, 5) is 10.5. The molecule has 2 N–H and O–H groups in total. The first-order valence-corrected chi connectivity index (χ1v) is 8.42. The third kappa shape index (κ3) is 6.39. The molecular formula is C15H28IN5S. The highest BCUT2D eigenvalue weighted by atomic mass is 127. The van der Waals surface area contributed by atoms with Gasteiger partial charge in [0.15, 0.2) is 5.96 Å². The molecule has 1 aromatic heterocycles. The monoisotopic (exact) mass is 437 g/mol. The lowest BCUT2D eigenvalue weighted by Crippen LogP contribution is -2.55. The summed E-state index contributed by atoms with van der Waals surface area (Å²) in [6, 6.07) is 4.82. The maximum absolute atomic E-state index is 4.30. The van der Waals surface area contributed by atoms with Gasteiger partial charge in [-0.1, -0.05) is 6.07 Å². The Labute approximate surface area is 155 Å². The number of piperazine rings is 1. The minimum absolute atomic E-state index is 0. The summed E-state index contributed by atoms with van der Waals surface area (Å²) in [6.07, 6.45) is 1.05. The quantitative estimate of drug-likeness (QED) is 0.415. The maximum atomic E-state index is 4.30. The van der Waals surface area contributed by atoms with Crippen molar-refractivity contribution in [1.82, 2.24) is 20.4 Å². The molecule has 1 aromatic rings. The third-order valence-corrected chi connectivity index (χ3v) is 4.89. The fraction of sp³-hybridized carbons (Fsp3) is 0.667. The minimum Gasteiger partial charge on any atom is -0.356 e. The van der Waals surface area contributed by atoms with Crippen LogP contribution in [0.5, 0.6) is 0 Å². The molecule has 0 amide bonds. The smallest absolute Gasteiger partial charge is 0.191 e. The Morgan fingerprint density at radius 3 is 2.86 bits per heavy atom. The lowest BCUT2D eigenvalue weighted by molar-refractivity contribution is 0.116. The van der Waals surface area contributed by atoms with Gasteiger partial charge in [-0.3, -0.25) is 9.89 Å². The predicted molar refractivity (Wildman–Crippen MR) is 107 cm³/mol. The van der Waals surface area contributed by atoms with Crippen molar-refractivity contribution in [3.63, 3.8) is 0 Å². The normalized spacial score (nSPS) is 20.5. The van der Waals surface area contributed by atoms with Crippen molar-refractivity contribution in [3.8, 4) is 0 Å². The second kappa shape index (κ2) is 10.4. The highest BCUT2D eigenvalue weighted by Crippen LogP contribution is 2.08.